The Labute approximate surface area is 172 Å². The highest BCUT2D eigenvalue weighted by atomic mass is 15.4. The second kappa shape index (κ2) is 8.89. The summed E-state index contributed by atoms with van der Waals surface area (Å²) in [4.78, 5) is 2.25. The Balaban J connectivity index is 1.59. The SMILES string of the molecule is CN(N=Cc1ccc(N(c2ccccc2)c2ccccc2)cc1)c1ccccc1. The molecule has 0 bridgehead atoms. The van der Waals surface area contributed by atoms with Crippen molar-refractivity contribution in [3.63, 3.8) is 0 Å². The fraction of sp³-hybridized carbons (Fsp3) is 0.0385. The molecule has 3 nitrogen and oxygen atoms in total. The third-order valence-electron chi connectivity index (χ3n) is 4.69. The molecule has 0 aliphatic rings. The van der Waals surface area contributed by atoms with Gasteiger partial charge in [-0.05, 0) is 54.1 Å². The fourth-order valence-corrected chi connectivity index (χ4v) is 3.17. The van der Waals surface area contributed by atoms with Crippen LogP contribution in [0.5, 0.6) is 0 Å². The van der Waals surface area contributed by atoms with E-state index in [9.17, 15) is 0 Å². The van der Waals surface area contributed by atoms with Crippen LogP contribution in [0.4, 0.5) is 22.7 Å². The number of hydrogen-bond donors (Lipinski definition) is 0. The van der Waals surface area contributed by atoms with E-state index < -0.39 is 0 Å². The van der Waals surface area contributed by atoms with E-state index in [0.717, 1.165) is 28.3 Å². The molecule has 3 heteroatoms. The molecule has 142 valence electrons. The Hall–Kier alpha value is -3.85. The van der Waals surface area contributed by atoms with Crippen molar-refractivity contribution in [1.29, 1.82) is 0 Å². The molecular weight excluding hydrogens is 354 g/mol. The summed E-state index contributed by atoms with van der Waals surface area (Å²) >= 11 is 0. The van der Waals surface area contributed by atoms with Gasteiger partial charge in [0.05, 0.1) is 11.9 Å². The normalized spacial score (nSPS) is 10.8. The van der Waals surface area contributed by atoms with E-state index in [2.05, 4.69) is 82.8 Å². The van der Waals surface area contributed by atoms with Gasteiger partial charge in [-0.3, -0.25) is 5.01 Å². The molecule has 0 aliphatic heterocycles. The molecule has 0 amide bonds. The Morgan fingerprint density at radius 2 is 0.931 bits per heavy atom. The van der Waals surface area contributed by atoms with Crippen molar-refractivity contribution in [2.75, 3.05) is 17.0 Å². The maximum Gasteiger partial charge on any atom is 0.0590 e. The van der Waals surface area contributed by atoms with Crippen LogP contribution in [-0.2, 0) is 0 Å². The van der Waals surface area contributed by atoms with E-state index in [1.54, 1.807) is 0 Å². The number of anilines is 4. The third kappa shape index (κ3) is 4.53. The van der Waals surface area contributed by atoms with Gasteiger partial charge in [0.25, 0.3) is 0 Å². The van der Waals surface area contributed by atoms with Crippen LogP contribution >= 0.6 is 0 Å². The first-order chi connectivity index (χ1) is 14.3. The van der Waals surface area contributed by atoms with Crippen LogP contribution in [0.2, 0.25) is 0 Å². The molecule has 0 unspecified atom stereocenters. The van der Waals surface area contributed by atoms with Crippen LogP contribution in [-0.4, -0.2) is 13.3 Å². The molecule has 0 fully saturated rings. The molecule has 0 spiro atoms. The number of nitrogens with zero attached hydrogens (tertiary/aromatic N) is 3. The Morgan fingerprint density at radius 1 is 0.517 bits per heavy atom. The molecule has 29 heavy (non-hydrogen) atoms. The van der Waals surface area contributed by atoms with E-state index in [-0.39, 0.29) is 0 Å². The first kappa shape index (κ1) is 18.5. The van der Waals surface area contributed by atoms with Crippen molar-refractivity contribution in [1.82, 2.24) is 0 Å². The summed E-state index contributed by atoms with van der Waals surface area (Å²) in [6.07, 6.45) is 1.88. The van der Waals surface area contributed by atoms with Crippen LogP contribution in [0.15, 0.2) is 120 Å². The molecule has 0 N–H and O–H groups in total. The van der Waals surface area contributed by atoms with Crippen molar-refractivity contribution in [2.24, 2.45) is 5.10 Å². The fourth-order valence-electron chi connectivity index (χ4n) is 3.17. The largest absolute Gasteiger partial charge is 0.311 e. The smallest absolute Gasteiger partial charge is 0.0590 e. The molecule has 4 rings (SSSR count). The van der Waals surface area contributed by atoms with E-state index in [1.807, 2.05) is 60.7 Å². The third-order valence-corrected chi connectivity index (χ3v) is 4.69. The van der Waals surface area contributed by atoms with Gasteiger partial charge in [-0.2, -0.15) is 5.10 Å². The quantitative estimate of drug-likeness (QED) is 0.277. The predicted molar refractivity (Wildman–Crippen MR) is 124 cm³/mol. The zero-order valence-corrected chi connectivity index (χ0v) is 16.4. The lowest BCUT2D eigenvalue weighted by Gasteiger charge is -2.25. The number of benzene rings is 4. The highest BCUT2D eigenvalue weighted by Gasteiger charge is 2.11. The highest BCUT2D eigenvalue weighted by Crippen LogP contribution is 2.33. The first-order valence-corrected chi connectivity index (χ1v) is 9.64. The molecule has 0 saturated heterocycles. The van der Waals surface area contributed by atoms with Gasteiger partial charge in [-0.25, -0.2) is 0 Å². The number of rotatable bonds is 6. The lowest BCUT2D eigenvalue weighted by atomic mass is 10.1. The molecular formula is C26H23N3. The van der Waals surface area contributed by atoms with Crippen molar-refractivity contribution >= 4 is 29.0 Å². The van der Waals surface area contributed by atoms with E-state index in [1.165, 1.54) is 0 Å². The molecule has 0 heterocycles. The highest BCUT2D eigenvalue weighted by molar-refractivity contribution is 5.83. The Morgan fingerprint density at radius 3 is 1.41 bits per heavy atom. The van der Waals surface area contributed by atoms with Crippen LogP contribution in [0, 0.1) is 0 Å². The zero-order valence-electron chi connectivity index (χ0n) is 16.4. The van der Waals surface area contributed by atoms with E-state index in [0.29, 0.717) is 0 Å². The Bertz CT molecular complexity index is 1000. The van der Waals surface area contributed by atoms with Crippen LogP contribution in [0.1, 0.15) is 5.56 Å². The maximum atomic E-state index is 4.55. The van der Waals surface area contributed by atoms with Gasteiger partial charge in [-0.1, -0.05) is 66.7 Å². The number of hydrogen-bond acceptors (Lipinski definition) is 3. The van der Waals surface area contributed by atoms with Crippen molar-refractivity contribution in [3.05, 3.63) is 121 Å². The van der Waals surface area contributed by atoms with E-state index >= 15 is 0 Å². The van der Waals surface area contributed by atoms with Gasteiger partial charge in [0.15, 0.2) is 0 Å². The zero-order chi connectivity index (χ0) is 19.9. The van der Waals surface area contributed by atoms with Gasteiger partial charge in [0.1, 0.15) is 0 Å². The molecule has 0 atom stereocenters. The monoisotopic (exact) mass is 377 g/mol. The minimum atomic E-state index is 1.05. The van der Waals surface area contributed by atoms with Gasteiger partial charge >= 0.3 is 0 Å². The van der Waals surface area contributed by atoms with Crippen molar-refractivity contribution in [3.8, 4) is 0 Å². The average molecular weight is 377 g/mol. The molecule has 4 aromatic carbocycles. The van der Waals surface area contributed by atoms with E-state index in [4.69, 9.17) is 0 Å². The summed E-state index contributed by atoms with van der Waals surface area (Å²) < 4.78 is 0. The van der Waals surface area contributed by atoms with Crippen molar-refractivity contribution < 1.29 is 0 Å². The number of para-hydroxylation sites is 3. The molecule has 0 radical (unpaired) electrons. The summed E-state index contributed by atoms with van der Waals surface area (Å²) in [6, 6.07) is 39.4. The predicted octanol–water partition coefficient (Wildman–Crippen LogP) is 6.63. The molecule has 4 aromatic rings. The van der Waals surface area contributed by atoms with Gasteiger partial charge in [0, 0.05) is 24.1 Å². The van der Waals surface area contributed by atoms with Crippen LogP contribution in [0.25, 0.3) is 0 Å². The molecule has 0 saturated carbocycles. The average Bonchev–Trinajstić information content (AvgIpc) is 2.80. The maximum absolute atomic E-state index is 4.55. The van der Waals surface area contributed by atoms with Gasteiger partial charge in [0.2, 0.25) is 0 Å². The summed E-state index contributed by atoms with van der Waals surface area (Å²) in [7, 11) is 1.95. The molecule has 0 aromatic heterocycles. The summed E-state index contributed by atoms with van der Waals surface area (Å²) in [6.45, 7) is 0. The van der Waals surface area contributed by atoms with Crippen molar-refractivity contribution in [2.45, 2.75) is 0 Å². The second-order valence-corrected chi connectivity index (χ2v) is 6.70. The lowest BCUT2D eigenvalue weighted by Crippen LogP contribution is -2.10. The van der Waals surface area contributed by atoms with Gasteiger partial charge < -0.3 is 4.90 Å². The number of hydrazone groups is 1. The second-order valence-electron chi connectivity index (χ2n) is 6.70. The summed E-state index contributed by atoms with van der Waals surface area (Å²) in [5.74, 6) is 0. The Kier molecular flexibility index (Phi) is 5.68. The van der Waals surface area contributed by atoms with Crippen LogP contribution < -0.4 is 9.91 Å². The van der Waals surface area contributed by atoms with Crippen LogP contribution in [0.3, 0.4) is 0 Å². The minimum absolute atomic E-state index is 1.05. The standard InChI is InChI=1S/C26H23N3/c1-28(23-11-5-2-6-12-23)27-21-22-17-19-26(20-18-22)29(24-13-7-3-8-14-24)25-15-9-4-10-16-25/h2-21H,1H3. The summed E-state index contributed by atoms with van der Waals surface area (Å²) in [5.41, 5.74) is 5.47. The topological polar surface area (TPSA) is 18.8 Å². The minimum Gasteiger partial charge on any atom is -0.311 e. The summed E-state index contributed by atoms with van der Waals surface area (Å²) in [5, 5.41) is 6.42. The first-order valence-electron chi connectivity index (χ1n) is 9.64. The lowest BCUT2D eigenvalue weighted by molar-refractivity contribution is 1.02. The molecule has 0 aliphatic carbocycles. The van der Waals surface area contributed by atoms with Gasteiger partial charge in [-0.15, -0.1) is 0 Å².